The molecule has 0 aliphatic carbocycles. The number of allylic oxidation sites excluding steroid dienone is 8. The second-order valence-corrected chi connectivity index (χ2v) is 3.26. The van der Waals surface area contributed by atoms with Gasteiger partial charge in [-0.2, -0.15) is 0 Å². The SMILES string of the molecule is C=C\C=C/C(C)=C(/C=C\C)C(C)C=C. The third-order valence-electron chi connectivity index (χ3n) is 2.13. The topological polar surface area (TPSA) is 0 Å². The third kappa shape index (κ3) is 4.08. The average Bonchev–Trinajstić information content (AvgIpc) is 2.21. The van der Waals surface area contributed by atoms with Gasteiger partial charge in [-0.1, -0.05) is 50.0 Å². The van der Waals surface area contributed by atoms with Crippen molar-refractivity contribution in [3.63, 3.8) is 0 Å². The van der Waals surface area contributed by atoms with E-state index in [0.29, 0.717) is 5.92 Å². The van der Waals surface area contributed by atoms with Gasteiger partial charge >= 0.3 is 0 Å². The molecule has 0 N–H and O–H groups in total. The fourth-order valence-electron chi connectivity index (χ4n) is 1.26. The monoisotopic (exact) mass is 188 g/mol. The molecular formula is C14H20. The molecule has 0 aromatic rings. The van der Waals surface area contributed by atoms with Crippen molar-refractivity contribution in [1.82, 2.24) is 0 Å². The molecule has 0 heteroatoms. The van der Waals surface area contributed by atoms with Gasteiger partial charge in [0, 0.05) is 0 Å². The van der Waals surface area contributed by atoms with E-state index < -0.39 is 0 Å². The Morgan fingerprint density at radius 2 is 1.86 bits per heavy atom. The zero-order valence-electron chi connectivity index (χ0n) is 9.46. The summed E-state index contributed by atoms with van der Waals surface area (Å²) in [6.45, 7) is 13.8. The van der Waals surface area contributed by atoms with Gasteiger partial charge in [0.15, 0.2) is 0 Å². The molecule has 0 saturated heterocycles. The molecule has 76 valence electrons. The van der Waals surface area contributed by atoms with Crippen LogP contribution in [0.25, 0.3) is 0 Å². The molecule has 0 fully saturated rings. The minimum atomic E-state index is 0.390. The summed E-state index contributed by atoms with van der Waals surface area (Å²) in [6, 6.07) is 0. The van der Waals surface area contributed by atoms with Crippen molar-refractivity contribution >= 4 is 0 Å². The molecule has 0 aliphatic rings. The van der Waals surface area contributed by atoms with Gasteiger partial charge < -0.3 is 0 Å². The number of hydrogen-bond donors (Lipinski definition) is 0. The van der Waals surface area contributed by atoms with Crippen LogP contribution in [0.15, 0.2) is 60.8 Å². The summed E-state index contributed by atoms with van der Waals surface area (Å²) in [4.78, 5) is 0. The highest BCUT2D eigenvalue weighted by Crippen LogP contribution is 2.18. The lowest BCUT2D eigenvalue weighted by Gasteiger charge is -2.10. The second-order valence-electron chi connectivity index (χ2n) is 3.26. The maximum Gasteiger partial charge on any atom is -0.00106 e. The lowest BCUT2D eigenvalue weighted by molar-refractivity contribution is 0.882. The maximum absolute atomic E-state index is 3.81. The summed E-state index contributed by atoms with van der Waals surface area (Å²) in [6.07, 6.45) is 12.0. The smallest absolute Gasteiger partial charge is 0.00106 e. The summed E-state index contributed by atoms with van der Waals surface area (Å²) in [7, 11) is 0. The number of hydrogen-bond acceptors (Lipinski definition) is 0. The molecule has 1 unspecified atom stereocenters. The Morgan fingerprint density at radius 1 is 1.21 bits per heavy atom. The van der Waals surface area contributed by atoms with Crippen molar-refractivity contribution in [2.75, 3.05) is 0 Å². The molecule has 0 nitrogen and oxygen atoms in total. The van der Waals surface area contributed by atoms with Crippen LogP contribution < -0.4 is 0 Å². The molecule has 1 atom stereocenters. The van der Waals surface area contributed by atoms with Crippen LogP contribution in [0.3, 0.4) is 0 Å². The summed E-state index contributed by atoms with van der Waals surface area (Å²) in [5.41, 5.74) is 2.57. The average molecular weight is 188 g/mol. The molecular weight excluding hydrogens is 168 g/mol. The van der Waals surface area contributed by atoms with Crippen molar-refractivity contribution in [3.05, 3.63) is 60.8 Å². The van der Waals surface area contributed by atoms with Crippen molar-refractivity contribution in [2.45, 2.75) is 20.8 Å². The van der Waals surface area contributed by atoms with E-state index in [-0.39, 0.29) is 0 Å². The van der Waals surface area contributed by atoms with Crippen LogP contribution in [0, 0.1) is 5.92 Å². The summed E-state index contributed by atoms with van der Waals surface area (Å²) in [5.74, 6) is 0.390. The highest BCUT2D eigenvalue weighted by molar-refractivity contribution is 5.35. The van der Waals surface area contributed by atoms with Crippen LogP contribution >= 0.6 is 0 Å². The van der Waals surface area contributed by atoms with E-state index in [2.05, 4.69) is 45.2 Å². The summed E-state index contributed by atoms with van der Waals surface area (Å²) >= 11 is 0. The van der Waals surface area contributed by atoms with Gasteiger partial charge in [0.1, 0.15) is 0 Å². The quantitative estimate of drug-likeness (QED) is 0.442. The van der Waals surface area contributed by atoms with E-state index in [0.717, 1.165) is 0 Å². The van der Waals surface area contributed by atoms with Gasteiger partial charge in [-0.25, -0.2) is 0 Å². The van der Waals surface area contributed by atoms with Gasteiger partial charge in [-0.15, -0.1) is 6.58 Å². The maximum atomic E-state index is 3.81. The predicted molar refractivity (Wildman–Crippen MR) is 66.2 cm³/mol. The molecule has 0 bridgehead atoms. The molecule has 0 spiro atoms. The van der Waals surface area contributed by atoms with E-state index in [1.807, 2.05) is 19.1 Å². The second kappa shape index (κ2) is 7.14. The van der Waals surface area contributed by atoms with Crippen molar-refractivity contribution in [1.29, 1.82) is 0 Å². The first-order chi connectivity index (χ1) is 6.67. The minimum absolute atomic E-state index is 0.390. The van der Waals surface area contributed by atoms with Crippen LogP contribution in [-0.4, -0.2) is 0 Å². The van der Waals surface area contributed by atoms with E-state index in [1.165, 1.54) is 11.1 Å². The highest BCUT2D eigenvalue weighted by atomic mass is 14.1. The zero-order chi connectivity index (χ0) is 11.0. The lowest BCUT2D eigenvalue weighted by Crippen LogP contribution is -1.95. The Bertz CT molecular complexity index is 274. The van der Waals surface area contributed by atoms with E-state index in [9.17, 15) is 0 Å². The molecule has 0 heterocycles. The molecule has 0 amide bonds. The Kier molecular flexibility index (Phi) is 6.47. The first kappa shape index (κ1) is 12.7. The van der Waals surface area contributed by atoms with Gasteiger partial charge in [0.05, 0.1) is 0 Å². The zero-order valence-corrected chi connectivity index (χ0v) is 9.46. The van der Waals surface area contributed by atoms with E-state index in [4.69, 9.17) is 0 Å². The van der Waals surface area contributed by atoms with Crippen LogP contribution in [0.4, 0.5) is 0 Å². The minimum Gasteiger partial charge on any atom is -0.102 e. The van der Waals surface area contributed by atoms with E-state index in [1.54, 1.807) is 6.08 Å². The fraction of sp³-hybridized carbons (Fsp3) is 0.286. The Balaban J connectivity index is 5.02. The van der Waals surface area contributed by atoms with Crippen molar-refractivity contribution < 1.29 is 0 Å². The molecule has 0 radical (unpaired) electrons. The van der Waals surface area contributed by atoms with Gasteiger partial charge in [-0.3, -0.25) is 0 Å². The standard InChI is InChI=1S/C14H20/c1-6-9-11-13(5)14(10-7-2)12(4)8-3/h6-12H,1,3H2,2,4-5H3/b10-7-,11-9-,14-13-. The van der Waals surface area contributed by atoms with Crippen LogP contribution in [0.1, 0.15) is 20.8 Å². The largest absolute Gasteiger partial charge is 0.102 e. The Morgan fingerprint density at radius 3 is 2.29 bits per heavy atom. The molecule has 14 heavy (non-hydrogen) atoms. The molecule has 0 aliphatic heterocycles. The van der Waals surface area contributed by atoms with Gasteiger partial charge in [-0.05, 0) is 30.9 Å². The molecule has 0 rings (SSSR count). The lowest BCUT2D eigenvalue weighted by atomic mass is 9.95. The van der Waals surface area contributed by atoms with E-state index >= 15 is 0 Å². The van der Waals surface area contributed by atoms with Crippen molar-refractivity contribution in [2.24, 2.45) is 5.92 Å². The molecule has 0 saturated carbocycles. The van der Waals surface area contributed by atoms with Gasteiger partial charge in [0.25, 0.3) is 0 Å². The van der Waals surface area contributed by atoms with Crippen LogP contribution in [0.2, 0.25) is 0 Å². The fourth-order valence-corrected chi connectivity index (χ4v) is 1.26. The first-order valence-electron chi connectivity index (χ1n) is 4.92. The van der Waals surface area contributed by atoms with Gasteiger partial charge in [0.2, 0.25) is 0 Å². The Labute approximate surface area is 88.0 Å². The third-order valence-corrected chi connectivity index (χ3v) is 2.13. The predicted octanol–water partition coefficient (Wildman–Crippen LogP) is 4.44. The van der Waals surface area contributed by atoms with Crippen LogP contribution in [0.5, 0.6) is 0 Å². The number of rotatable bonds is 5. The normalized spacial score (nSPS) is 15.6. The molecule has 0 aromatic heterocycles. The van der Waals surface area contributed by atoms with Crippen molar-refractivity contribution in [3.8, 4) is 0 Å². The highest BCUT2D eigenvalue weighted by Gasteiger charge is 2.02. The summed E-state index contributed by atoms with van der Waals surface area (Å²) < 4.78 is 0. The first-order valence-corrected chi connectivity index (χ1v) is 4.92. The summed E-state index contributed by atoms with van der Waals surface area (Å²) in [5, 5.41) is 0. The van der Waals surface area contributed by atoms with Crippen LogP contribution in [-0.2, 0) is 0 Å². The Hall–Kier alpha value is -1.30. The molecule has 0 aromatic carbocycles.